The van der Waals surface area contributed by atoms with Crippen LogP contribution in [0.25, 0.3) is 0 Å². The highest BCUT2D eigenvalue weighted by Crippen LogP contribution is 2.30. The third-order valence-corrected chi connectivity index (χ3v) is 4.67. The standard InChI is InChI=1S/C10H9F2IN2O3S/c11-7-1-5(13)2-8(12)10(7)15-4-6(3-9(15)16)19(14,17)18/h1-2,6H,3-4H2,(H2,14,17,18). The normalized spacial score (nSPS) is 20.1. The zero-order valence-electron chi connectivity index (χ0n) is 9.44. The molecule has 2 N–H and O–H groups in total. The number of benzene rings is 1. The van der Waals surface area contributed by atoms with E-state index in [4.69, 9.17) is 5.14 Å². The van der Waals surface area contributed by atoms with Crippen molar-refractivity contribution in [1.29, 1.82) is 0 Å². The summed E-state index contributed by atoms with van der Waals surface area (Å²) in [5.41, 5.74) is -0.531. The van der Waals surface area contributed by atoms with Crippen molar-refractivity contribution in [3.05, 3.63) is 27.3 Å². The van der Waals surface area contributed by atoms with E-state index in [9.17, 15) is 22.0 Å². The molecule has 1 atom stereocenters. The Morgan fingerprint density at radius 1 is 1.32 bits per heavy atom. The van der Waals surface area contributed by atoms with Crippen LogP contribution in [0.3, 0.4) is 0 Å². The first-order valence-electron chi connectivity index (χ1n) is 5.16. The van der Waals surface area contributed by atoms with Crippen LogP contribution in [0.2, 0.25) is 0 Å². The van der Waals surface area contributed by atoms with Gasteiger partial charge in [-0.15, -0.1) is 0 Å². The molecule has 1 saturated heterocycles. The minimum absolute atomic E-state index is 0.339. The van der Waals surface area contributed by atoms with Crippen LogP contribution < -0.4 is 10.0 Å². The summed E-state index contributed by atoms with van der Waals surface area (Å²) in [5, 5.41) is 3.81. The Bertz CT molecular complexity index is 627. The van der Waals surface area contributed by atoms with Crippen LogP contribution in [-0.4, -0.2) is 26.1 Å². The first-order chi connectivity index (χ1) is 8.70. The number of anilines is 1. The average Bonchev–Trinajstić information content (AvgIpc) is 2.59. The number of nitrogens with zero attached hydrogens (tertiary/aromatic N) is 1. The molecule has 2 rings (SSSR count). The third-order valence-electron chi connectivity index (χ3n) is 2.81. The number of sulfonamides is 1. The molecule has 1 aromatic carbocycles. The quantitative estimate of drug-likeness (QED) is 0.749. The zero-order chi connectivity index (χ0) is 14.4. The number of halogens is 3. The van der Waals surface area contributed by atoms with Crippen molar-refractivity contribution >= 4 is 44.2 Å². The number of nitrogens with two attached hydrogens (primary N) is 1. The van der Waals surface area contributed by atoms with Crippen LogP contribution >= 0.6 is 22.6 Å². The summed E-state index contributed by atoms with van der Waals surface area (Å²) in [7, 11) is -3.92. The van der Waals surface area contributed by atoms with Crippen molar-refractivity contribution in [3.8, 4) is 0 Å². The Kier molecular flexibility index (Phi) is 3.80. The Hall–Kier alpha value is -0.810. The largest absolute Gasteiger partial charge is 0.306 e. The minimum Gasteiger partial charge on any atom is -0.306 e. The van der Waals surface area contributed by atoms with Crippen LogP contribution in [0.15, 0.2) is 12.1 Å². The topological polar surface area (TPSA) is 80.5 Å². The highest BCUT2D eigenvalue weighted by atomic mass is 127. The molecule has 1 fully saturated rings. The average molecular weight is 402 g/mol. The molecule has 1 unspecified atom stereocenters. The van der Waals surface area contributed by atoms with E-state index in [1.807, 2.05) is 0 Å². The van der Waals surface area contributed by atoms with Crippen molar-refractivity contribution in [2.24, 2.45) is 5.14 Å². The maximum Gasteiger partial charge on any atom is 0.228 e. The number of hydrogen-bond donors (Lipinski definition) is 1. The van der Waals surface area contributed by atoms with Gasteiger partial charge < -0.3 is 4.90 Å². The monoisotopic (exact) mass is 402 g/mol. The number of primary sulfonamides is 1. The maximum absolute atomic E-state index is 13.7. The predicted molar refractivity (Wildman–Crippen MR) is 72.9 cm³/mol. The van der Waals surface area contributed by atoms with Crippen molar-refractivity contribution in [2.45, 2.75) is 11.7 Å². The number of hydrogen-bond acceptors (Lipinski definition) is 3. The van der Waals surface area contributed by atoms with Gasteiger partial charge in [-0.1, -0.05) is 0 Å². The van der Waals surface area contributed by atoms with Gasteiger partial charge >= 0.3 is 0 Å². The summed E-state index contributed by atoms with van der Waals surface area (Å²) in [4.78, 5) is 12.5. The summed E-state index contributed by atoms with van der Waals surface area (Å²) < 4.78 is 50.2. The van der Waals surface area contributed by atoms with Crippen molar-refractivity contribution < 1.29 is 22.0 Å². The fourth-order valence-electron chi connectivity index (χ4n) is 1.90. The van der Waals surface area contributed by atoms with Crippen LogP contribution in [0.4, 0.5) is 14.5 Å². The number of carbonyl (C=O) groups excluding carboxylic acids is 1. The lowest BCUT2D eigenvalue weighted by atomic mass is 10.2. The highest BCUT2D eigenvalue weighted by Gasteiger charge is 2.39. The van der Waals surface area contributed by atoms with E-state index in [2.05, 4.69) is 0 Å². The van der Waals surface area contributed by atoms with Crippen LogP contribution in [0.5, 0.6) is 0 Å². The Labute approximate surface area is 122 Å². The van der Waals surface area contributed by atoms with Crippen LogP contribution in [-0.2, 0) is 14.8 Å². The summed E-state index contributed by atoms with van der Waals surface area (Å²) in [6.07, 6.45) is -0.371. The SMILES string of the molecule is NS(=O)(=O)C1CC(=O)N(c2c(F)cc(I)cc2F)C1. The summed E-state index contributed by atoms with van der Waals surface area (Å²) in [6.45, 7) is -0.341. The van der Waals surface area contributed by atoms with E-state index < -0.39 is 38.5 Å². The molecule has 0 radical (unpaired) electrons. The van der Waals surface area contributed by atoms with Gasteiger partial charge in [0, 0.05) is 16.5 Å². The van der Waals surface area contributed by atoms with Gasteiger partial charge in [-0.2, -0.15) is 0 Å². The van der Waals surface area contributed by atoms with Crippen LogP contribution in [0.1, 0.15) is 6.42 Å². The van der Waals surface area contributed by atoms with Gasteiger partial charge in [-0.3, -0.25) is 4.79 Å². The van der Waals surface area contributed by atoms with Gasteiger partial charge in [0.1, 0.15) is 10.9 Å². The second-order valence-electron chi connectivity index (χ2n) is 4.14. The molecule has 0 saturated carbocycles. The van der Waals surface area contributed by atoms with Gasteiger partial charge in [0.25, 0.3) is 0 Å². The molecule has 1 heterocycles. The van der Waals surface area contributed by atoms with E-state index in [0.29, 0.717) is 3.57 Å². The summed E-state index contributed by atoms with van der Waals surface area (Å²) >= 11 is 1.73. The first-order valence-corrected chi connectivity index (χ1v) is 7.85. The molecular weight excluding hydrogens is 393 g/mol. The second-order valence-corrected chi connectivity index (χ2v) is 7.23. The van der Waals surface area contributed by atoms with Crippen molar-refractivity contribution in [3.63, 3.8) is 0 Å². The third kappa shape index (κ3) is 2.87. The molecule has 1 aliphatic heterocycles. The maximum atomic E-state index is 13.7. The molecular formula is C10H9F2IN2O3S. The number of carbonyl (C=O) groups is 1. The number of rotatable bonds is 2. The molecule has 0 bridgehead atoms. The molecule has 0 aromatic heterocycles. The lowest BCUT2D eigenvalue weighted by Crippen LogP contribution is -2.32. The molecule has 1 aromatic rings. The molecule has 9 heteroatoms. The fourth-order valence-corrected chi connectivity index (χ4v) is 3.18. The van der Waals surface area contributed by atoms with E-state index in [0.717, 1.165) is 17.0 Å². The van der Waals surface area contributed by atoms with E-state index >= 15 is 0 Å². The van der Waals surface area contributed by atoms with Crippen molar-refractivity contribution in [2.75, 3.05) is 11.4 Å². The molecule has 5 nitrogen and oxygen atoms in total. The summed E-state index contributed by atoms with van der Waals surface area (Å²) in [6, 6.07) is 2.13. The molecule has 1 amide bonds. The Morgan fingerprint density at radius 2 is 1.84 bits per heavy atom. The molecule has 19 heavy (non-hydrogen) atoms. The van der Waals surface area contributed by atoms with Gasteiger partial charge in [0.05, 0.1) is 0 Å². The van der Waals surface area contributed by atoms with Gasteiger partial charge in [-0.05, 0) is 34.7 Å². The first kappa shape index (κ1) is 14.6. The number of amides is 1. The Morgan fingerprint density at radius 3 is 2.26 bits per heavy atom. The van der Waals surface area contributed by atoms with Crippen molar-refractivity contribution in [1.82, 2.24) is 0 Å². The highest BCUT2D eigenvalue weighted by molar-refractivity contribution is 14.1. The molecule has 0 spiro atoms. The van der Waals surface area contributed by atoms with E-state index in [-0.39, 0.29) is 13.0 Å². The Balaban J connectivity index is 2.42. The predicted octanol–water partition coefficient (Wildman–Crippen LogP) is 0.963. The van der Waals surface area contributed by atoms with Gasteiger partial charge in [0.15, 0.2) is 11.6 Å². The summed E-state index contributed by atoms with van der Waals surface area (Å²) in [5.74, 6) is -2.49. The van der Waals surface area contributed by atoms with Gasteiger partial charge in [-0.25, -0.2) is 22.3 Å². The molecule has 0 aliphatic carbocycles. The molecule has 1 aliphatic rings. The lowest BCUT2D eigenvalue weighted by molar-refractivity contribution is -0.117. The zero-order valence-corrected chi connectivity index (χ0v) is 12.4. The fraction of sp³-hybridized carbons (Fsp3) is 0.300. The van der Waals surface area contributed by atoms with E-state index in [1.54, 1.807) is 22.6 Å². The smallest absolute Gasteiger partial charge is 0.228 e. The second kappa shape index (κ2) is 4.94. The molecule has 104 valence electrons. The van der Waals surface area contributed by atoms with Gasteiger partial charge in [0.2, 0.25) is 15.9 Å². The van der Waals surface area contributed by atoms with Crippen LogP contribution in [0, 0.1) is 15.2 Å². The minimum atomic E-state index is -3.92. The van der Waals surface area contributed by atoms with E-state index in [1.165, 1.54) is 0 Å². The lowest BCUT2D eigenvalue weighted by Gasteiger charge is -2.18.